The molecular formula is C16H19N3S. The molecule has 2 saturated carbocycles. The van der Waals surface area contributed by atoms with Crippen molar-refractivity contribution in [1.29, 1.82) is 5.26 Å². The Labute approximate surface area is 124 Å². The van der Waals surface area contributed by atoms with E-state index in [1.165, 1.54) is 25.7 Å². The van der Waals surface area contributed by atoms with Crippen LogP contribution in [0.5, 0.6) is 0 Å². The highest BCUT2D eigenvalue weighted by Crippen LogP contribution is 2.44. The minimum absolute atomic E-state index is 0.610. The van der Waals surface area contributed by atoms with E-state index in [2.05, 4.69) is 22.6 Å². The monoisotopic (exact) mass is 285 g/mol. The summed E-state index contributed by atoms with van der Waals surface area (Å²) in [5.74, 6) is 1.79. The van der Waals surface area contributed by atoms with Crippen molar-refractivity contribution in [2.24, 2.45) is 16.8 Å². The van der Waals surface area contributed by atoms with Crippen LogP contribution in [0.1, 0.15) is 31.2 Å². The molecule has 20 heavy (non-hydrogen) atoms. The second-order valence-electron chi connectivity index (χ2n) is 5.71. The first-order valence-corrected chi connectivity index (χ1v) is 8.40. The maximum absolute atomic E-state index is 8.80. The van der Waals surface area contributed by atoms with E-state index in [1.807, 2.05) is 24.3 Å². The largest absolute Gasteiger partial charge is 0.362 e. The number of benzene rings is 1. The quantitative estimate of drug-likeness (QED) is 0.666. The summed E-state index contributed by atoms with van der Waals surface area (Å²) in [6.07, 6.45) is 7.56. The van der Waals surface area contributed by atoms with E-state index >= 15 is 0 Å². The molecule has 3 atom stereocenters. The molecule has 2 bridgehead atoms. The van der Waals surface area contributed by atoms with Gasteiger partial charge in [0.2, 0.25) is 0 Å². The number of nitriles is 1. The third-order valence-electron chi connectivity index (χ3n) is 4.47. The van der Waals surface area contributed by atoms with Crippen molar-refractivity contribution in [3.05, 3.63) is 29.8 Å². The van der Waals surface area contributed by atoms with E-state index in [0.717, 1.165) is 22.7 Å². The molecule has 3 unspecified atom stereocenters. The van der Waals surface area contributed by atoms with E-state index in [1.54, 1.807) is 11.8 Å². The number of fused-ring (bicyclic) bond motifs is 2. The van der Waals surface area contributed by atoms with Crippen LogP contribution in [0.4, 0.5) is 5.69 Å². The predicted octanol–water partition coefficient (Wildman–Crippen LogP) is 3.69. The number of hydrogen-bond acceptors (Lipinski definition) is 3. The molecule has 0 aliphatic heterocycles. The van der Waals surface area contributed by atoms with Gasteiger partial charge in [0.1, 0.15) is 0 Å². The minimum atomic E-state index is 0.610. The minimum Gasteiger partial charge on any atom is -0.362 e. The molecule has 0 spiro atoms. The normalized spacial score (nSPS) is 28.4. The lowest BCUT2D eigenvalue weighted by Gasteiger charge is -2.24. The fraction of sp³-hybridized carbons (Fsp3) is 0.500. The molecule has 104 valence electrons. The molecule has 0 amide bonds. The topological polar surface area (TPSA) is 48.2 Å². The first kappa shape index (κ1) is 13.5. The lowest BCUT2D eigenvalue weighted by Crippen LogP contribution is -2.36. The summed E-state index contributed by atoms with van der Waals surface area (Å²) in [6.45, 7) is 0. The number of aliphatic imine (C=N–C) groups is 1. The third-order valence-corrected chi connectivity index (χ3v) is 5.06. The summed E-state index contributed by atoms with van der Waals surface area (Å²) < 4.78 is 0. The van der Waals surface area contributed by atoms with Crippen LogP contribution in [0.25, 0.3) is 0 Å². The highest BCUT2D eigenvalue weighted by Gasteiger charge is 2.39. The fourth-order valence-corrected chi connectivity index (χ4v) is 3.91. The number of hydrogen-bond donors (Lipinski definition) is 1. The first-order chi connectivity index (χ1) is 9.78. The van der Waals surface area contributed by atoms with Crippen LogP contribution in [0, 0.1) is 23.2 Å². The molecule has 0 aromatic heterocycles. The second-order valence-corrected chi connectivity index (χ2v) is 6.50. The molecule has 4 heteroatoms. The highest BCUT2D eigenvalue weighted by molar-refractivity contribution is 8.13. The summed E-state index contributed by atoms with van der Waals surface area (Å²) in [5, 5.41) is 13.4. The molecule has 1 aromatic carbocycles. The van der Waals surface area contributed by atoms with Gasteiger partial charge >= 0.3 is 0 Å². The Morgan fingerprint density at radius 1 is 1.30 bits per heavy atom. The Morgan fingerprint density at radius 2 is 2.10 bits per heavy atom. The van der Waals surface area contributed by atoms with Crippen molar-refractivity contribution in [2.45, 2.75) is 31.7 Å². The van der Waals surface area contributed by atoms with Crippen LogP contribution in [0.3, 0.4) is 0 Å². The highest BCUT2D eigenvalue weighted by atomic mass is 32.2. The Kier molecular flexibility index (Phi) is 3.98. The third kappa shape index (κ3) is 2.83. The smallest absolute Gasteiger partial charge is 0.161 e. The van der Waals surface area contributed by atoms with Crippen molar-refractivity contribution in [1.82, 2.24) is 5.32 Å². The Balaban J connectivity index is 1.69. The summed E-state index contributed by atoms with van der Waals surface area (Å²) >= 11 is 1.66. The van der Waals surface area contributed by atoms with Gasteiger partial charge in [-0.3, -0.25) is 0 Å². The van der Waals surface area contributed by atoms with Gasteiger partial charge in [-0.25, -0.2) is 4.99 Å². The predicted molar refractivity (Wildman–Crippen MR) is 84.1 cm³/mol. The summed E-state index contributed by atoms with van der Waals surface area (Å²) in [6, 6.07) is 10.2. The van der Waals surface area contributed by atoms with Crippen LogP contribution in [-0.4, -0.2) is 17.5 Å². The molecule has 2 aliphatic carbocycles. The van der Waals surface area contributed by atoms with Crippen LogP contribution >= 0.6 is 11.8 Å². The van der Waals surface area contributed by atoms with Gasteiger partial charge in [-0.1, -0.05) is 18.2 Å². The fourth-order valence-electron chi connectivity index (χ4n) is 3.44. The summed E-state index contributed by atoms with van der Waals surface area (Å²) in [7, 11) is 0. The molecule has 1 aromatic rings. The second kappa shape index (κ2) is 5.88. The number of nitrogens with one attached hydrogen (secondary N) is 1. The zero-order valence-electron chi connectivity index (χ0n) is 11.7. The van der Waals surface area contributed by atoms with E-state index < -0.39 is 0 Å². The molecule has 0 heterocycles. The Bertz CT molecular complexity index is 544. The van der Waals surface area contributed by atoms with Gasteiger partial charge in [0.15, 0.2) is 5.17 Å². The van der Waals surface area contributed by atoms with Gasteiger partial charge < -0.3 is 5.32 Å². The van der Waals surface area contributed by atoms with Crippen molar-refractivity contribution < 1.29 is 0 Å². The number of thioether (sulfide) groups is 1. The van der Waals surface area contributed by atoms with E-state index in [4.69, 9.17) is 5.26 Å². The van der Waals surface area contributed by atoms with E-state index in [0.29, 0.717) is 11.6 Å². The van der Waals surface area contributed by atoms with Gasteiger partial charge in [0.25, 0.3) is 0 Å². The molecule has 0 radical (unpaired) electrons. The maximum Gasteiger partial charge on any atom is 0.161 e. The zero-order chi connectivity index (χ0) is 13.9. The Morgan fingerprint density at radius 3 is 2.65 bits per heavy atom. The lowest BCUT2D eigenvalue weighted by atomic mass is 9.96. The van der Waals surface area contributed by atoms with Crippen LogP contribution < -0.4 is 5.32 Å². The molecule has 3 nitrogen and oxygen atoms in total. The Hall–Kier alpha value is -1.47. The van der Waals surface area contributed by atoms with Gasteiger partial charge in [0, 0.05) is 6.04 Å². The van der Waals surface area contributed by atoms with E-state index in [-0.39, 0.29) is 0 Å². The maximum atomic E-state index is 8.80. The molecule has 1 N–H and O–H groups in total. The summed E-state index contributed by atoms with van der Waals surface area (Å²) in [5.41, 5.74) is 1.58. The molecule has 0 saturated heterocycles. The van der Waals surface area contributed by atoms with Gasteiger partial charge in [-0.2, -0.15) is 5.26 Å². The van der Waals surface area contributed by atoms with Gasteiger partial charge in [-0.05, 0) is 61.6 Å². The zero-order valence-corrected chi connectivity index (χ0v) is 12.5. The number of nitrogens with zero attached hydrogens (tertiary/aromatic N) is 2. The van der Waals surface area contributed by atoms with Crippen molar-refractivity contribution in [3.8, 4) is 6.07 Å². The van der Waals surface area contributed by atoms with Crippen LogP contribution in [-0.2, 0) is 0 Å². The average Bonchev–Trinajstić information content (AvgIpc) is 3.10. The van der Waals surface area contributed by atoms with Crippen molar-refractivity contribution >= 4 is 22.6 Å². The lowest BCUT2D eigenvalue weighted by molar-refractivity contribution is 0.392. The molecular weight excluding hydrogens is 266 g/mol. The first-order valence-electron chi connectivity index (χ1n) is 7.18. The van der Waals surface area contributed by atoms with Crippen molar-refractivity contribution in [2.75, 3.05) is 6.26 Å². The van der Waals surface area contributed by atoms with Crippen LogP contribution in [0.15, 0.2) is 29.3 Å². The molecule has 2 fully saturated rings. The molecule has 2 aliphatic rings. The average molecular weight is 285 g/mol. The summed E-state index contributed by atoms with van der Waals surface area (Å²) in [4.78, 5) is 4.66. The standard InChI is InChI=1S/C16H19N3S/c1-20-16(18-14-6-3-11(10-17)4-7-14)19-15-9-12-2-5-13(15)8-12/h3-4,6-7,12-13,15H,2,5,8-9H2,1H3,(H,18,19). The van der Waals surface area contributed by atoms with E-state index in [9.17, 15) is 0 Å². The van der Waals surface area contributed by atoms with Gasteiger partial charge in [0.05, 0.1) is 17.3 Å². The number of amidine groups is 1. The van der Waals surface area contributed by atoms with Gasteiger partial charge in [-0.15, -0.1) is 0 Å². The SMILES string of the molecule is CSC(=Nc1ccc(C#N)cc1)NC1CC2CCC1C2. The van der Waals surface area contributed by atoms with Crippen molar-refractivity contribution in [3.63, 3.8) is 0 Å². The van der Waals surface area contributed by atoms with Crippen LogP contribution in [0.2, 0.25) is 0 Å². The number of rotatable bonds is 2. The molecule has 3 rings (SSSR count).